The van der Waals surface area contributed by atoms with Crippen LogP contribution in [0.2, 0.25) is 5.02 Å². The van der Waals surface area contributed by atoms with Crippen LogP contribution in [0.1, 0.15) is 16.7 Å². The van der Waals surface area contributed by atoms with Crippen LogP contribution in [0.5, 0.6) is 11.5 Å². The van der Waals surface area contributed by atoms with Crippen molar-refractivity contribution in [2.24, 2.45) is 4.99 Å². The van der Waals surface area contributed by atoms with Gasteiger partial charge in [-0.3, -0.25) is 9.89 Å². The molecular weight excluding hydrogens is 543 g/mol. The molecule has 2 aliphatic heterocycles. The van der Waals surface area contributed by atoms with Crippen LogP contribution >= 0.6 is 35.6 Å². The summed E-state index contributed by atoms with van der Waals surface area (Å²) in [6.07, 6.45) is 0. The lowest BCUT2D eigenvalue weighted by molar-refractivity contribution is 0.0341. The van der Waals surface area contributed by atoms with Gasteiger partial charge in [0.05, 0.1) is 18.2 Å². The van der Waals surface area contributed by atoms with Gasteiger partial charge in [-0.25, -0.2) is 0 Å². The van der Waals surface area contributed by atoms with Crippen LogP contribution in [0.3, 0.4) is 0 Å². The largest absolute Gasteiger partial charge is 0.486 e. The summed E-state index contributed by atoms with van der Waals surface area (Å²) < 4.78 is 16.7. The normalized spacial score (nSPS) is 16.2. The van der Waals surface area contributed by atoms with Gasteiger partial charge in [0.2, 0.25) is 0 Å². The number of rotatable bonds is 6. The zero-order valence-corrected chi connectivity index (χ0v) is 21.3. The Morgan fingerprint density at radius 1 is 1.00 bits per heavy atom. The quantitative estimate of drug-likeness (QED) is 0.314. The molecule has 2 aliphatic rings. The van der Waals surface area contributed by atoms with Gasteiger partial charge in [-0.1, -0.05) is 35.9 Å². The SMILES string of the molecule is CN=C(NCc1cc(Cl)c2c(c1)OCCO2)NCc1ccccc1CN1CCOCC1.I. The Hall–Kier alpha value is -1.75. The molecule has 0 aliphatic carbocycles. The molecule has 174 valence electrons. The van der Waals surface area contributed by atoms with Crippen LogP contribution in [0.4, 0.5) is 0 Å². The first-order valence-corrected chi connectivity index (χ1v) is 11.0. The van der Waals surface area contributed by atoms with Gasteiger partial charge < -0.3 is 24.8 Å². The van der Waals surface area contributed by atoms with E-state index >= 15 is 0 Å². The number of benzene rings is 2. The zero-order chi connectivity index (χ0) is 21.5. The van der Waals surface area contributed by atoms with E-state index in [1.807, 2.05) is 12.1 Å². The van der Waals surface area contributed by atoms with E-state index in [-0.39, 0.29) is 24.0 Å². The molecule has 9 heteroatoms. The molecule has 1 fully saturated rings. The Labute approximate surface area is 211 Å². The number of morpholine rings is 1. The van der Waals surface area contributed by atoms with Crippen molar-refractivity contribution >= 4 is 41.5 Å². The third-order valence-corrected chi connectivity index (χ3v) is 5.68. The maximum atomic E-state index is 6.34. The van der Waals surface area contributed by atoms with E-state index < -0.39 is 0 Å². The van der Waals surface area contributed by atoms with Crippen molar-refractivity contribution < 1.29 is 14.2 Å². The Kier molecular flexibility index (Phi) is 9.70. The van der Waals surface area contributed by atoms with Crippen molar-refractivity contribution in [2.75, 3.05) is 46.6 Å². The monoisotopic (exact) mass is 572 g/mol. The van der Waals surface area contributed by atoms with Gasteiger partial charge in [-0.15, -0.1) is 24.0 Å². The summed E-state index contributed by atoms with van der Waals surface area (Å²) in [5, 5.41) is 7.33. The second-order valence-corrected chi connectivity index (χ2v) is 7.95. The van der Waals surface area contributed by atoms with Crippen LogP contribution in [0, 0.1) is 0 Å². The first-order chi connectivity index (χ1) is 15.2. The van der Waals surface area contributed by atoms with Gasteiger partial charge in [0.1, 0.15) is 13.2 Å². The molecule has 0 unspecified atom stereocenters. The maximum absolute atomic E-state index is 6.34. The van der Waals surface area contributed by atoms with Crippen LogP contribution in [-0.4, -0.2) is 57.4 Å². The molecule has 2 aromatic carbocycles. The topological polar surface area (TPSA) is 67.4 Å². The van der Waals surface area contributed by atoms with Crippen molar-refractivity contribution in [1.29, 1.82) is 0 Å². The number of nitrogens with zero attached hydrogens (tertiary/aromatic N) is 2. The van der Waals surface area contributed by atoms with Crippen molar-refractivity contribution in [2.45, 2.75) is 19.6 Å². The van der Waals surface area contributed by atoms with E-state index in [1.165, 1.54) is 11.1 Å². The van der Waals surface area contributed by atoms with Gasteiger partial charge in [-0.2, -0.15) is 0 Å². The molecule has 2 heterocycles. The number of hydrogen-bond acceptors (Lipinski definition) is 5. The summed E-state index contributed by atoms with van der Waals surface area (Å²) in [6, 6.07) is 12.4. The number of guanidine groups is 1. The third-order valence-electron chi connectivity index (χ3n) is 5.40. The average Bonchev–Trinajstić information content (AvgIpc) is 2.81. The minimum Gasteiger partial charge on any atom is -0.486 e. The Bertz CT molecular complexity index is 922. The zero-order valence-electron chi connectivity index (χ0n) is 18.2. The van der Waals surface area contributed by atoms with E-state index in [4.69, 9.17) is 25.8 Å². The summed E-state index contributed by atoms with van der Waals surface area (Å²) >= 11 is 6.34. The number of hydrogen-bond donors (Lipinski definition) is 2. The average molecular weight is 573 g/mol. The highest BCUT2D eigenvalue weighted by Gasteiger charge is 2.17. The van der Waals surface area contributed by atoms with Crippen molar-refractivity contribution in [3.05, 3.63) is 58.1 Å². The predicted octanol–water partition coefficient (Wildman–Crippen LogP) is 3.43. The summed E-state index contributed by atoms with van der Waals surface area (Å²) in [6.45, 7) is 6.82. The molecular formula is C23H30ClIN4O3. The van der Waals surface area contributed by atoms with Crippen LogP contribution < -0.4 is 20.1 Å². The summed E-state index contributed by atoms with van der Waals surface area (Å²) in [5.41, 5.74) is 3.59. The second-order valence-electron chi connectivity index (χ2n) is 7.54. The molecule has 0 spiro atoms. The second kappa shape index (κ2) is 12.5. The van der Waals surface area contributed by atoms with E-state index in [0.29, 0.717) is 42.8 Å². The lowest BCUT2D eigenvalue weighted by Gasteiger charge is -2.27. The number of nitrogens with one attached hydrogen (secondary N) is 2. The van der Waals surface area contributed by atoms with E-state index in [0.717, 1.165) is 44.4 Å². The maximum Gasteiger partial charge on any atom is 0.191 e. The number of ether oxygens (including phenoxy) is 3. The van der Waals surface area contributed by atoms with Crippen molar-refractivity contribution in [3.63, 3.8) is 0 Å². The molecule has 0 saturated carbocycles. The highest BCUT2D eigenvalue weighted by molar-refractivity contribution is 14.0. The fourth-order valence-electron chi connectivity index (χ4n) is 3.74. The van der Waals surface area contributed by atoms with Gasteiger partial charge >= 0.3 is 0 Å². The predicted molar refractivity (Wildman–Crippen MR) is 137 cm³/mol. The van der Waals surface area contributed by atoms with E-state index in [2.05, 4.69) is 44.8 Å². The Morgan fingerprint density at radius 3 is 2.50 bits per heavy atom. The first-order valence-electron chi connectivity index (χ1n) is 10.6. The minimum atomic E-state index is 0. The molecule has 2 N–H and O–H groups in total. The van der Waals surface area contributed by atoms with Crippen molar-refractivity contribution in [3.8, 4) is 11.5 Å². The lowest BCUT2D eigenvalue weighted by atomic mass is 10.1. The molecule has 0 amide bonds. The molecule has 0 bridgehead atoms. The third kappa shape index (κ3) is 6.63. The lowest BCUT2D eigenvalue weighted by Crippen LogP contribution is -2.37. The standard InChI is InChI=1S/C23H29ClN4O3.HI/c1-25-23(26-14-17-12-20(24)22-21(13-17)30-10-11-31-22)27-15-18-4-2-3-5-19(18)16-28-6-8-29-9-7-28;/h2-5,12-13H,6-11,14-16H2,1H3,(H2,25,26,27);1H. The van der Waals surface area contributed by atoms with Crippen molar-refractivity contribution in [1.82, 2.24) is 15.5 Å². The van der Waals surface area contributed by atoms with Gasteiger partial charge in [0.15, 0.2) is 17.5 Å². The smallest absolute Gasteiger partial charge is 0.191 e. The van der Waals surface area contributed by atoms with E-state index in [9.17, 15) is 0 Å². The molecule has 0 atom stereocenters. The van der Waals surface area contributed by atoms with Crippen LogP contribution in [-0.2, 0) is 24.4 Å². The summed E-state index contributed by atoms with van der Waals surface area (Å²) in [7, 11) is 1.77. The first kappa shape index (κ1) is 24.9. The molecule has 0 radical (unpaired) electrons. The van der Waals surface area contributed by atoms with Gasteiger partial charge in [0, 0.05) is 39.8 Å². The molecule has 32 heavy (non-hydrogen) atoms. The fraction of sp³-hybridized carbons (Fsp3) is 0.435. The fourth-order valence-corrected chi connectivity index (χ4v) is 4.02. The molecule has 2 aromatic rings. The van der Waals surface area contributed by atoms with Gasteiger partial charge in [0.25, 0.3) is 0 Å². The van der Waals surface area contributed by atoms with E-state index in [1.54, 1.807) is 7.05 Å². The summed E-state index contributed by atoms with van der Waals surface area (Å²) in [4.78, 5) is 6.78. The highest BCUT2D eigenvalue weighted by atomic mass is 127. The Morgan fingerprint density at radius 2 is 1.72 bits per heavy atom. The van der Waals surface area contributed by atoms with Crippen LogP contribution in [0.15, 0.2) is 41.4 Å². The number of fused-ring (bicyclic) bond motifs is 1. The summed E-state index contributed by atoms with van der Waals surface area (Å²) in [5.74, 6) is 2.04. The molecule has 4 rings (SSSR count). The number of aliphatic imine (C=N–C) groups is 1. The minimum absolute atomic E-state index is 0. The van der Waals surface area contributed by atoms with Gasteiger partial charge in [-0.05, 0) is 28.8 Å². The Balaban J connectivity index is 0.00000289. The highest BCUT2D eigenvalue weighted by Crippen LogP contribution is 2.38. The molecule has 1 saturated heterocycles. The molecule has 0 aromatic heterocycles. The molecule has 7 nitrogen and oxygen atoms in total. The van der Waals surface area contributed by atoms with Crippen LogP contribution in [0.25, 0.3) is 0 Å². The number of halogens is 2.